The van der Waals surface area contributed by atoms with Crippen LogP contribution in [0.5, 0.6) is 5.75 Å². The quantitative estimate of drug-likeness (QED) is 0.535. The molecular formula is C26H34N2O4. The van der Waals surface area contributed by atoms with Gasteiger partial charge in [0.15, 0.2) is 0 Å². The summed E-state index contributed by atoms with van der Waals surface area (Å²) in [5.41, 5.74) is 1.84. The normalized spacial score (nSPS) is 17.3. The predicted octanol–water partition coefficient (Wildman–Crippen LogP) is 5.44. The number of ketones is 1. The Bertz CT molecular complexity index is 923. The van der Waals surface area contributed by atoms with Crippen molar-refractivity contribution in [3.63, 3.8) is 0 Å². The number of carbonyl (C=O) groups excluding carboxylic acids is 2. The summed E-state index contributed by atoms with van der Waals surface area (Å²) in [6.07, 6.45) is 3.19. The fraction of sp³-hybridized carbons (Fsp3) is 0.462. The van der Waals surface area contributed by atoms with Gasteiger partial charge < -0.3 is 10.1 Å². The lowest BCUT2D eigenvalue weighted by Gasteiger charge is -2.37. The van der Waals surface area contributed by atoms with E-state index in [1.54, 1.807) is 14.0 Å². The molecule has 3 rings (SSSR count). The van der Waals surface area contributed by atoms with Crippen LogP contribution in [-0.4, -0.2) is 29.4 Å². The summed E-state index contributed by atoms with van der Waals surface area (Å²) in [6, 6.07) is 14.9. The number of fused-ring (bicyclic) bond motifs is 1. The molecule has 0 fully saturated rings. The molecule has 1 aliphatic rings. The third-order valence-corrected chi connectivity index (χ3v) is 5.93. The van der Waals surface area contributed by atoms with Crippen LogP contribution in [0.25, 0.3) is 0 Å². The van der Waals surface area contributed by atoms with Gasteiger partial charge in [-0.3, -0.25) is 14.4 Å². The lowest BCUT2D eigenvalue weighted by atomic mass is 9.87. The van der Waals surface area contributed by atoms with Gasteiger partial charge >= 0.3 is 0 Å². The van der Waals surface area contributed by atoms with Crippen LogP contribution in [0.2, 0.25) is 0 Å². The van der Waals surface area contributed by atoms with E-state index in [2.05, 4.69) is 19.2 Å². The number of hydroxylamine groups is 2. The van der Waals surface area contributed by atoms with Crippen LogP contribution in [0.4, 0.5) is 5.69 Å². The van der Waals surface area contributed by atoms with Crippen LogP contribution in [0.3, 0.4) is 0 Å². The summed E-state index contributed by atoms with van der Waals surface area (Å²) < 4.78 is 5.46. The fourth-order valence-corrected chi connectivity index (χ4v) is 4.50. The zero-order valence-corrected chi connectivity index (χ0v) is 19.5. The Hall–Kier alpha value is -2.86. The molecule has 2 aromatic rings. The number of anilines is 1. The van der Waals surface area contributed by atoms with Crippen LogP contribution in [0.1, 0.15) is 70.0 Å². The maximum absolute atomic E-state index is 14.1. The van der Waals surface area contributed by atoms with Crippen LogP contribution in [0, 0.1) is 0 Å². The maximum Gasteiger partial charge on any atom is 0.272 e. The van der Waals surface area contributed by atoms with Gasteiger partial charge in [-0.25, -0.2) is 5.06 Å². The minimum absolute atomic E-state index is 0.0108. The number of nitrogens with one attached hydrogen (secondary N) is 1. The third kappa shape index (κ3) is 5.13. The highest BCUT2D eigenvalue weighted by atomic mass is 16.7. The Morgan fingerprint density at radius 3 is 2.38 bits per heavy atom. The van der Waals surface area contributed by atoms with E-state index in [1.165, 1.54) is 5.06 Å². The van der Waals surface area contributed by atoms with Crippen molar-refractivity contribution in [2.45, 2.75) is 71.1 Å². The van der Waals surface area contributed by atoms with Crippen molar-refractivity contribution in [3.05, 3.63) is 59.7 Å². The van der Waals surface area contributed by atoms with Crippen molar-refractivity contribution in [2.24, 2.45) is 0 Å². The highest BCUT2D eigenvalue weighted by molar-refractivity contribution is 5.91. The number of carbonyl (C=O) groups is 2. The molecule has 1 heterocycles. The van der Waals surface area contributed by atoms with Gasteiger partial charge in [0, 0.05) is 17.7 Å². The number of ether oxygens (including phenoxy) is 1. The number of hydrogen-bond donors (Lipinski definition) is 1. The topological polar surface area (TPSA) is 67.9 Å². The van der Waals surface area contributed by atoms with Crippen LogP contribution in [0.15, 0.2) is 48.5 Å². The first-order chi connectivity index (χ1) is 15.4. The second-order valence-corrected chi connectivity index (χ2v) is 8.47. The Morgan fingerprint density at radius 2 is 1.78 bits per heavy atom. The van der Waals surface area contributed by atoms with Gasteiger partial charge in [-0.15, -0.1) is 0 Å². The van der Waals surface area contributed by atoms with E-state index < -0.39 is 11.6 Å². The molecule has 6 nitrogen and oxygen atoms in total. The van der Waals surface area contributed by atoms with Gasteiger partial charge in [-0.1, -0.05) is 57.0 Å². The van der Waals surface area contributed by atoms with Crippen LogP contribution < -0.4 is 10.1 Å². The molecule has 0 aromatic heterocycles. The molecule has 1 N–H and O–H groups in total. The molecule has 0 radical (unpaired) electrons. The molecular weight excluding hydrogens is 404 g/mol. The van der Waals surface area contributed by atoms with Crippen molar-refractivity contribution in [2.75, 3.05) is 12.4 Å². The first kappa shape index (κ1) is 23.8. The second kappa shape index (κ2) is 10.6. The molecule has 1 amide bonds. The van der Waals surface area contributed by atoms with Crippen molar-refractivity contribution >= 4 is 17.4 Å². The minimum atomic E-state index is -0.797. The molecule has 6 heteroatoms. The van der Waals surface area contributed by atoms with Crippen LogP contribution >= 0.6 is 0 Å². The first-order valence-corrected chi connectivity index (χ1v) is 11.4. The summed E-state index contributed by atoms with van der Waals surface area (Å²) in [5.74, 6) is 0.537. The molecule has 0 bridgehead atoms. The number of Topliss-reactive ketones (excluding diaryl/α,β-unsaturated/α-hetero) is 1. The number of hydrogen-bond acceptors (Lipinski definition) is 5. The van der Waals surface area contributed by atoms with E-state index in [4.69, 9.17) is 9.57 Å². The molecule has 1 atom stereocenters. The molecule has 0 saturated heterocycles. The lowest BCUT2D eigenvalue weighted by molar-refractivity contribution is -0.212. The number of amides is 1. The first-order valence-electron chi connectivity index (χ1n) is 11.4. The van der Waals surface area contributed by atoms with E-state index in [1.807, 2.05) is 48.5 Å². The van der Waals surface area contributed by atoms with Crippen molar-refractivity contribution < 1.29 is 19.2 Å². The number of nitrogens with zero attached hydrogens (tertiary/aromatic N) is 1. The molecule has 2 aromatic carbocycles. The average Bonchev–Trinajstić information content (AvgIpc) is 2.87. The zero-order valence-electron chi connectivity index (χ0n) is 19.5. The highest BCUT2D eigenvalue weighted by Gasteiger charge is 2.46. The minimum Gasteiger partial charge on any atom is -0.497 e. The number of methoxy groups -OCH3 is 1. The zero-order chi connectivity index (χ0) is 23.1. The van der Waals surface area contributed by atoms with E-state index in [0.29, 0.717) is 18.6 Å². The molecule has 172 valence electrons. The smallest absolute Gasteiger partial charge is 0.272 e. The monoisotopic (exact) mass is 438 g/mol. The molecule has 32 heavy (non-hydrogen) atoms. The highest BCUT2D eigenvalue weighted by Crippen LogP contribution is 2.42. The van der Waals surface area contributed by atoms with Crippen molar-refractivity contribution in [1.29, 1.82) is 0 Å². The van der Waals surface area contributed by atoms with Gasteiger partial charge in [0.05, 0.1) is 13.2 Å². The van der Waals surface area contributed by atoms with Gasteiger partial charge in [0.25, 0.3) is 5.91 Å². The maximum atomic E-state index is 14.1. The second-order valence-electron chi connectivity index (χ2n) is 8.47. The van der Waals surface area contributed by atoms with Crippen molar-refractivity contribution in [3.8, 4) is 5.75 Å². The average molecular weight is 439 g/mol. The number of rotatable bonds is 10. The molecule has 0 unspecified atom stereocenters. The lowest BCUT2D eigenvalue weighted by Crippen LogP contribution is -2.53. The van der Waals surface area contributed by atoms with E-state index >= 15 is 0 Å². The summed E-state index contributed by atoms with van der Waals surface area (Å²) in [6.45, 7) is 5.95. The Labute approximate surface area is 190 Å². The standard InChI is InChI=1S/C26H34N2O4/c1-5-14-26(15-6-2)25(30)28(32-18-20-10-8-7-9-11-20)24(16-19(3)29)22-17-21(31-4)12-13-23(22)27-26/h7-13,17,24,27H,5-6,14-16,18H2,1-4H3/t24-/m1/s1. The number of benzene rings is 2. The van der Waals surface area contributed by atoms with E-state index in [9.17, 15) is 9.59 Å². The van der Waals surface area contributed by atoms with Crippen LogP contribution in [-0.2, 0) is 21.0 Å². The largest absolute Gasteiger partial charge is 0.497 e. The van der Waals surface area contributed by atoms with Gasteiger partial charge in [-0.05, 0) is 43.5 Å². The Balaban J connectivity index is 2.12. The SMILES string of the molecule is CCCC1(CCC)Nc2ccc(OC)cc2[C@@H](CC(C)=O)N(OCc2ccccc2)C1=O. The Kier molecular flexibility index (Phi) is 7.91. The summed E-state index contributed by atoms with van der Waals surface area (Å²) in [5, 5.41) is 5.03. The van der Waals surface area contributed by atoms with Gasteiger partial charge in [0.1, 0.15) is 23.7 Å². The van der Waals surface area contributed by atoms with E-state index in [-0.39, 0.29) is 24.7 Å². The molecule has 0 spiro atoms. The van der Waals surface area contributed by atoms with Gasteiger partial charge in [-0.2, -0.15) is 0 Å². The van der Waals surface area contributed by atoms with Crippen molar-refractivity contribution in [1.82, 2.24) is 5.06 Å². The summed E-state index contributed by atoms with van der Waals surface area (Å²) in [4.78, 5) is 32.6. The molecule has 0 aliphatic carbocycles. The summed E-state index contributed by atoms with van der Waals surface area (Å²) in [7, 11) is 1.61. The fourth-order valence-electron chi connectivity index (χ4n) is 4.50. The van der Waals surface area contributed by atoms with Gasteiger partial charge in [0.2, 0.25) is 0 Å². The predicted molar refractivity (Wildman–Crippen MR) is 125 cm³/mol. The summed E-state index contributed by atoms with van der Waals surface area (Å²) >= 11 is 0. The molecule has 0 saturated carbocycles. The molecule has 1 aliphatic heterocycles. The third-order valence-electron chi connectivity index (χ3n) is 5.93. The van der Waals surface area contributed by atoms with E-state index in [0.717, 1.165) is 29.7 Å². The Morgan fingerprint density at radius 1 is 1.09 bits per heavy atom.